The van der Waals surface area contributed by atoms with Gasteiger partial charge in [0.05, 0.1) is 17.7 Å². The van der Waals surface area contributed by atoms with Crippen molar-refractivity contribution in [2.75, 3.05) is 11.8 Å². The van der Waals surface area contributed by atoms with E-state index in [1.165, 1.54) is 31.0 Å². The second-order valence-corrected chi connectivity index (χ2v) is 5.24. The molecule has 0 amide bonds. The van der Waals surface area contributed by atoms with Crippen LogP contribution in [0.15, 0.2) is 35.2 Å². The molecule has 0 spiro atoms. The molecular formula is C17H21F2NOS. The van der Waals surface area contributed by atoms with E-state index in [0.29, 0.717) is 5.75 Å². The maximum atomic E-state index is 13.9. The number of hydrogen-bond acceptors (Lipinski definition) is 3. The lowest BCUT2D eigenvalue weighted by molar-refractivity contribution is 0.404. The van der Waals surface area contributed by atoms with E-state index in [-0.39, 0.29) is 11.3 Å². The van der Waals surface area contributed by atoms with Gasteiger partial charge in [0, 0.05) is 5.56 Å². The third-order valence-electron chi connectivity index (χ3n) is 2.91. The van der Waals surface area contributed by atoms with Crippen molar-refractivity contribution in [3.63, 3.8) is 0 Å². The van der Waals surface area contributed by atoms with Gasteiger partial charge in [0.25, 0.3) is 0 Å². The van der Waals surface area contributed by atoms with Crippen LogP contribution in [0.4, 0.5) is 14.5 Å². The Balaban J connectivity index is 0.00000116. The van der Waals surface area contributed by atoms with Crippen LogP contribution in [0, 0.1) is 25.5 Å². The molecule has 0 unspecified atom stereocenters. The van der Waals surface area contributed by atoms with Crippen LogP contribution in [0.25, 0.3) is 0 Å². The minimum atomic E-state index is -0.580. The number of aryl methyl sites for hydroxylation is 1. The average Bonchev–Trinajstić information content (AvgIpc) is 2.54. The van der Waals surface area contributed by atoms with Crippen LogP contribution in [0.3, 0.4) is 0 Å². The fourth-order valence-corrected chi connectivity index (χ4v) is 2.59. The monoisotopic (exact) mass is 325 g/mol. The number of rotatable bonds is 4. The molecule has 2 aromatic rings. The van der Waals surface area contributed by atoms with Gasteiger partial charge in [-0.2, -0.15) is 0 Å². The van der Waals surface area contributed by atoms with Crippen molar-refractivity contribution in [3.8, 4) is 5.75 Å². The molecule has 0 radical (unpaired) electrons. The van der Waals surface area contributed by atoms with E-state index < -0.39 is 11.6 Å². The molecule has 0 aliphatic carbocycles. The van der Waals surface area contributed by atoms with Crippen molar-refractivity contribution in [1.82, 2.24) is 0 Å². The maximum absolute atomic E-state index is 13.9. The Bertz CT molecular complexity index is 632. The van der Waals surface area contributed by atoms with Crippen molar-refractivity contribution in [2.24, 2.45) is 0 Å². The third-order valence-corrected chi connectivity index (χ3v) is 3.77. The molecule has 0 atom stereocenters. The third kappa shape index (κ3) is 4.37. The summed E-state index contributed by atoms with van der Waals surface area (Å²) in [7, 11) is 1.58. The second kappa shape index (κ2) is 8.63. The van der Waals surface area contributed by atoms with Crippen LogP contribution in [0.2, 0.25) is 0 Å². The van der Waals surface area contributed by atoms with Gasteiger partial charge in [0.1, 0.15) is 11.6 Å². The van der Waals surface area contributed by atoms with Crippen LogP contribution in [0.1, 0.15) is 25.0 Å². The van der Waals surface area contributed by atoms with Crippen LogP contribution in [-0.4, -0.2) is 7.11 Å². The molecule has 2 aromatic carbocycles. The maximum Gasteiger partial charge on any atom is 0.152 e. The summed E-state index contributed by atoms with van der Waals surface area (Å²) in [4.78, 5) is 0.842. The SMILES string of the molecule is CC.COc1ccc(C)cc1SNc1ccc(F)c(C)c1F. The Hall–Kier alpha value is -1.75. The van der Waals surface area contributed by atoms with E-state index in [2.05, 4.69) is 4.72 Å². The lowest BCUT2D eigenvalue weighted by atomic mass is 10.2. The van der Waals surface area contributed by atoms with Crippen molar-refractivity contribution in [3.05, 3.63) is 53.1 Å². The van der Waals surface area contributed by atoms with E-state index in [9.17, 15) is 8.78 Å². The van der Waals surface area contributed by atoms with E-state index in [0.717, 1.165) is 10.5 Å². The highest BCUT2D eigenvalue weighted by atomic mass is 32.2. The Morgan fingerprint density at radius 2 is 1.73 bits per heavy atom. The van der Waals surface area contributed by atoms with Gasteiger partial charge in [-0.15, -0.1) is 0 Å². The summed E-state index contributed by atoms with van der Waals surface area (Å²) >= 11 is 1.23. The smallest absolute Gasteiger partial charge is 0.152 e. The standard InChI is InChI=1S/C15H15F2NOS.C2H6/c1-9-4-7-13(19-3)14(8-9)20-18-12-6-5-11(16)10(2)15(12)17;1-2/h4-8,18H,1-3H3;1-2H3. The van der Waals surface area contributed by atoms with Gasteiger partial charge in [-0.3, -0.25) is 0 Å². The Kier molecular flexibility index (Phi) is 7.18. The number of halogens is 2. The van der Waals surface area contributed by atoms with Crippen molar-refractivity contribution >= 4 is 17.6 Å². The predicted octanol–water partition coefficient (Wildman–Crippen LogP) is 5.74. The Morgan fingerprint density at radius 1 is 1.05 bits per heavy atom. The van der Waals surface area contributed by atoms with Gasteiger partial charge in [0.15, 0.2) is 5.82 Å². The summed E-state index contributed by atoms with van der Waals surface area (Å²) in [6.07, 6.45) is 0. The summed E-state index contributed by atoms with van der Waals surface area (Å²) in [5, 5.41) is 0. The second-order valence-electron chi connectivity index (χ2n) is 4.39. The molecule has 0 saturated carbocycles. The zero-order valence-electron chi connectivity index (χ0n) is 13.5. The van der Waals surface area contributed by atoms with Crippen LogP contribution in [0.5, 0.6) is 5.75 Å². The van der Waals surface area contributed by atoms with Gasteiger partial charge in [-0.25, -0.2) is 8.78 Å². The number of methoxy groups -OCH3 is 1. The van der Waals surface area contributed by atoms with Crippen molar-refractivity contribution in [2.45, 2.75) is 32.6 Å². The lowest BCUT2D eigenvalue weighted by Crippen LogP contribution is -1.97. The molecule has 0 saturated heterocycles. The first-order valence-corrected chi connectivity index (χ1v) is 7.86. The topological polar surface area (TPSA) is 21.3 Å². The number of nitrogens with one attached hydrogen (secondary N) is 1. The highest BCUT2D eigenvalue weighted by Crippen LogP contribution is 2.32. The molecule has 0 bridgehead atoms. The fourth-order valence-electron chi connectivity index (χ4n) is 1.71. The minimum absolute atomic E-state index is 0.00630. The van der Waals surface area contributed by atoms with Crippen LogP contribution in [-0.2, 0) is 0 Å². The van der Waals surface area contributed by atoms with E-state index in [4.69, 9.17) is 4.74 Å². The number of ether oxygens (including phenoxy) is 1. The van der Waals surface area contributed by atoms with Gasteiger partial charge < -0.3 is 9.46 Å². The molecule has 5 heteroatoms. The predicted molar refractivity (Wildman–Crippen MR) is 89.7 cm³/mol. The first-order chi connectivity index (χ1) is 10.5. The molecule has 0 aliphatic heterocycles. The average molecular weight is 325 g/mol. The summed E-state index contributed by atoms with van der Waals surface area (Å²) in [5.74, 6) is -0.428. The summed E-state index contributed by atoms with van der Waals surface area (Å²) in [5.41, 5.74) is 1.33. The Morgan fingerprint density at radius 3 is 2.36 bits per heavy atom. The molecular weight excluding hydrogens is 304 g/mol. The molecule has 0 aliphatic rings. The van der Waals surface area contributed by atoms with Crippen LogP contribution >= 0.6 is 11.9 Å². The fraction of sp³-hybridized carbons (Fsp3) is 0.294. The molecule has 0 fully saturated rings. The van der Waals surface area contributed by atoms with Gasteiger partial charge in [-0.1, -0.05) is 19.9 Å². The molecule has 22 heavy (non-hydrogen) atoms. The molecule has 2 rings (SSSR count). The Labute approximate surface area is 135 Å². The van der Waals surface area contributed by atoms with Gasteiger partial charge in [0.2, 0.25) is 0 Å². The van der Waals surface area contributed by atoms with E-state index >= 15 is 0 Å². The number of benzene rings is 2. The summed E-state index contributed by atoms with van der Waals surface area (Å²) in [6, 6.07) is 8.35. The quantitative estimate of drug-likeness (QED) is 0.725. The lowest BCUT2D eigenvalue weighted by Gasteiger charge is -2.12. The van der Waals surface area contributed by atoms with E-state index in [1.54, 1.807) is 7.11 Å². The number of anilines is 1. The van der Waals surface area contributed by atoms with Gasteiger partial charge in [-0.05, 0) is 55.6 Å². The van der Waals surface area contributed by atoms with Gasteiger partial charge >= 0.3 is 0 Å². The van der Waals surface area contributed by atoms with Crippen molar-refractivity contribution in [1.29, 1.82) is 0 Å². The summed E-state index contributed by atoms with van der Waals surface area (Å²) < 4.78 is 35.2. The van der Waals surface area contributed by atoms with Crippen LogP contribution < -0.4 is 9.46 Å². The molecule has 2 nitrogen and oxygen atoms in total. The van der Waals surface area contributed by atoms with Crippen molar-refractivity contribution < 1.29 is 13.5 Å². The number of hydrogen-bond donors (Lipinski definition) is 1. The zero-order chi connectivity index (χ0) is 16.7. The first-order valence-electron chi connectivity index (χ1n) is 7.05. The zero-order valence-corrected chi connectivity index (χ0v) is 14.3. The molecule has 0 heterocycles. The molecule has 0 aromatic heterocycles. The van der Waals surface area contributed by atoms with E-state index in [1.807, 2.05) is 39.0 Å². The molecule has 1 N–H and O–H groups in total. The first kappa shape index (κ1) is 18.3. The molecule has 120 valence electrons. The highest BCUT2D eigenvalue weighted by molar-refractivity contribution is 8.00. The minimum Gasteiger partial charge on any atom is -0.496 e. The largest absolute Gasteiger partial charge is 0.496 e. The normalized spacial score (nSPS) is 9.77. The summed E-state index contributed by atoms with van der Waals surface area (Å²) in [6.45, 7) is 7.37. The highest BCUT2D eigenvalue weighted by Gasteiger charge is 2.11.